The summed E-state index contributed by atoms with van der Waals surface area (Å²) < 4.78 is 17.6. The van der Waals surface area contributed by atoms with Crippen molar-refractivity contribution in [3.8, 4) is 23.1 Å². The molecule has 3 aromatic rings. The number of nitrogens with zero attached hydrogens (tertiary/aromatic N) is 2. The highest BCUT2D eigenvalue weighted by molar-refractivity contribution is 5.91. The fourth-order valence-corrected chi connectivity index (χ4v) is 2.92. The van der Waals surface area contributed by atoms with Crippen LogP contribution in [0.5, 0.6) is 11.6 Å². The molecule has 1 aliphatic rings. The van der Waals surface area contributed by atoms with Crippen LogP contribution in [0, 0.1) is 0 Å². The average molecular weight is 326 g/mol. The molecule has 3 heterocycles. The molecule has 6 heteroatoms. The third-order valence-electron chi connectivity index (χ3n) is 4.03. The Morgan fingerprint density at radius 2 is 2.12 bits per heavy atom. The van der Waals surface area contributed by atoms with E-state index in [0.717, 1.165) is 28.0 Å². The summed E-state index contributed by atoms with van der Waals surface area (Å²) in [5.41, 5.74) is 2.35. The molecule has 2 aromatic heterocycles. The first kappa shape index (κ1) is 15.0. The molecule has 0 spiro atoms. The number of hydrogen-bond donors (Lipinski definition) is 1. The van der Waals surface area contributed by atoms with Gasteiger partial charge in [-0.1, -0.05) is 19.1 Å². The highest BCUT2D eigenvalue weighted by Gasteiger charge is 2.27. The number of aliphatic hydroxyl groups is 1. The van der Waals surface area contributed by atoms with Crippen LogP contribution in [0.2, 0.25) is 0 Å². The smallest absolute Gasteiger partial charge is 0.220 e. The third-order valence-corrected chi connectivity index (χ3v) is 4.03. The minimum Gasteiger partial charge on any atom is -0.488 e. The first-order chi connectivity index (χ1) is 11.8. The zero-order chi connectivity index (χ0) is 16.5. The molecule has 0 bridgehead atoms. The van der Waals surface area contributed by atoms with Gasteiger partial charge >= 0.3 is 0 Å². The van der Waals surface area contributed by atoms with E-state index < -0.39 is 0 Å². The zero-order valence-electron chi connectivity index (χ0n) is 13.4. The van der Waals surface area contributed by atoms with Gasteiger partial charge in [0.25, 0.3) is 0 Å². The van der Waals surface area contributed by atoms with E-state index in [1.807, 2.05) is 31.2 Å². The van der Waals surface area contributed by atoms with Crippen molar-refractivity contribution in [2.24, 2.45) is 0 Å². The van der Waals surface area contributed by atoms with Crippen LogP contribution >= 0.6 is 0 Å². The molecule has 4 rings (SSSR count). The van der Waals surface area contributed by atoms with E-state index in [-0.39, 0.29) is 13.2 Å². The lowest BCUT2D eigenvalue weighted by molar-refractivity contribution is 0.194. The first-order valence-electron chi connectivity index (χ1n) is 8.10. The van der Waals surface area contributed by atoms with Crippen molar-refractivity contribution in [1.82, 2.24) is 9.97 Å². The van der Waals surface area contributed by atoms with Crippen molar-refractivity contribution in [3.05, 3.63) is 35.7 Å². The number of furan rings is 1. The zero-order valence-corrected chi connectivity index (χ0v) is 13.4. The maximum atomic E-state index is 9.06. The van der Waals surface area contributed by atoms with Crippen LogP contribution in [0.1, 0.15) is 18.3 Å². The van der Waals surface area contributed by atoms with Crippen LogP contribution in [-0.2, 0) is 12.8 Å². The summed E-state index contributed by atoms with van der Waals surface area (Å²) in [5, 5.41) is 9.99. The van der Waals surface area contributed by atoms with Gasteiger partial charge in [-0.15, -0.1) is 0 Å². The van der Waals surface area contributed by atoms with E-state index in [9.17, 15) is 0 Å². The molecule has 0 atom stereocenters. The van der Waals surface area contributed by atoms with Crippen molar-refractivity contribution in [3.63, 3.8) is 0 Å². The maximum Gasteiger partial charge on any atom is 0.220 e. The van der Waals surface area contributed by atoms with Gasteiger partial charge in [-0.3, -0.25) is 0 Å². The van der Waals surface area contributed by atoms with E-state index in [2.05, 4.69) is 9.97 Å². The molecule has 1 aliphatic heterocycles. The van der Waals surface area contributed by atoms with E-state index in [1.54, 1.807) is 0 Å². The van der Waals surface area contributed by atoms with Crippen molar-refractivity contribution in [2.45, 2.75) is 19.8 Å². The molecule has 0 saturated carbocycles. The molecule has 1 N–H and O–H groups in total. The molecule has 24 heavy (non-hydrogen) atoms. The predicted octanol–water partition coefficient (Wildman–Crippen LogP) is 2.76. The Hall–Kier alpha value is -2.60. The Morgan fingerprint density at radius 1 is 1.25 bits per heavy atom. The van der Waals surface area contributed by atoms with E-state index in [4.69, 9.17) is 19.0 Å². The molecule has 0 unspecified atom stereocenters. The Labute approximate surface area is 139 Å². The monoisotopic (exact) mass is 326 g/mol. The summed E-state index contributed by atoms with van der Waals surface area (Å²) in [7, 11) is 0. The Bertz CT molecular complexity index is 888. The summed E-state index contributed by atoms with van der Waals surface area (Å²) in [6.07, 6.45) is 1.30. The fraction of sp³-hybridized carbons (Fsp3) is 0.333. The van der Waals surface area contributed by atoms with Gasteiger partial charge in [0.15, 0.2) is 11.5 Å². The quantitative estimate of drug-likeness (QED) is 0.794. The van der Waals surface area contributed by atoms with Gasteiger partial charge in [0, 0.05) is 18.4 Å². The molecule has 0 radical (unpaired) electrons. The number of benzene rings is 1. The SMILES string of the molecule is CCc1nc(OCCO)c2c(n1)-c1oc3ccccc3c1OCC2. The minimum absolute atomic E-state index is 0.0629. The number of fused-ring (bicyclic) bond motifs is 5. The number of ether oxygens (including phenoxy) is 2. The standard InChI is InChI=1S/C18H18N2O4/c1-2-14-19-15-12(18(20-14)23-10-8-21)7-9-22-16-11-5-3-4-6-13(11)24-17(15)16/h3-6,21H,2,7-10H2,1H3. The summed E-state index contributed by atoms with van der Waals surface area (Å²) in [4.78, 5) is 9.14. The average Bonchev–Trinajstić information content (AvgIpc) is 2.89. The van der Waals surface area contributed by atoms with Gasteiger partial charge < -0.3 is 19.0 Å². The molecule has 0 saturated heterocycles. The lowest BCUT2D eigenvalue weighted by Gasteiger charge is -2.12. The van der Waals surface area contributed by atoms with Crippen molar-refractivity contribution in [1.29, 1.82) is 0 Å². The number of aromatic nitrogens is 2. The lowest BCUT2D eigenvalue weighted by atomic mass is 10.1. The van der Waals surface area contributed by atoms with Gasteiger partial charge in [-0.2, -0.15) is 4.98 Å². The van der Waals surface area contributed by atoms with Crippen LogP contribution < -0.4 is 9.47 Å². The molecule has 0 amide bonds. The number of aliphatic hydroxyl groups excluding tert-OH is 1. The van der Waals surface area contributed by atoms with Gasteiger partial charge in [0.2, 0.25) is 5.88 Å². The molecule has 124 valence electrons. The van der Waals surface area contributed by atoms with E-state index in [0.29, 0.717) is 36.9 Å². The Kier molecular flexibility index (Phi) is 3.82. The maximum absolute atomic E-state index is 9.06. The summed E-state index contributed by atoms with van der Waals surface area (Å²) in [6, 6.07) is 7.78. The summed E-state index contributed by atoms with van der Waals surface area (Å²) >= 11 is 0. The first-order valence-corrected chi connectivity index (χ1v) is 8.10. The molecule has 6 nitrogen and oxygen atoms in total. The van der Waals surface area contributed by atoms with E-state index >= 15 is 0 Å². The Balaban J connectivity index is 1.95. The van der Waals surface area contributed by atoms with Crippen LogP contribution in [0.3, 0.4) is 0 Å². The largest absolute Gasteiger partial charge is 0.488 e. The van der Waals surface area contributed by atoms with Crippen LogP contribution in [0.4, 0.5) is 0 Å². The number of hydrogen-bond acceptors (Lipinski definition) is 6. The second kappa shape index (κ2) is 6.13. The second-order valence-electron chi connectivity index (χ2n) is 5.55. The molecule has 1 aromatic carbocycles. The number of aryl methyl sites for hydroxylation is 1. The summed E-state index contributed by atoms with van der Waals surface area (Å²) in [5.74, 6) is 2.52. The lowest BCUT2D eigenvalue weighted by Crippen LogP contribution is -2.10. The normalized spacial score (nSPS) is 13.1. The summed E-state index contributed by atoms with van der Waals surface area (Å²) in [6.45, 7) is 2.62. The highest BCUT2D eigenvalue weighted by atomic mass is 16.5. The van der Waals surface area contributed by atoms with Crippen LogP contribution in [0.25, 0.3) is 22.4 Å². The second-order valence-corrected chi connectivity index (χ2v) is 5.55. The van der Waals surface area contributed by atoms with Crippen molar-refractivity contribution >= 4 is 11.0 Å². The van der Waals surface area contributed by atoms with Crippen molar-refractivity contribution < 1.29 is 19.0 Å². The van der Waals surface area contributed by atoms with Gasteiger partial charge in [-0.05, 0) is 12.1 Å². The molecular formula is C18H18N2O4. The number of para-hydroxylation sites is 1. The fourth-order valence-electron chi connectivity index (χ4n) is 2.92. The topological polar surface area (TPSA) is 77.6 Å². The predicted molar refractivity (Wildman–Crippen MR) is 88.4 cm³/mol. The van der Waals surface area contributed by atoms with E-state index in [1.165, 1.54) is 0 Å². The molecular weight excluding hydrogens is 308 g/mol. The van der Waals surface area contributed by atoms with Gasteiger partial charge in [-0.25, -0.2) is 4.98 Å². The van der Waals surface area contributed by atoms with Gasteiger partial charge in [0.1, 0.15) is 23.7 Å². The van der Waals surface area contributed by atoms with Crippen molar-refractivity contribution in [2.75, 3.05) is 19.8 Å². The van der Waals surface area contributed by atoms with Crippen LogP contribution in [0.15, 0.2) is 28.7 Å². The number of rotatable bonds is 4. The van der Waals surface area contributed by atoms with Gasteiger partial charge in [0.05, 0.1) is 18.6 Å². The minimum atomic E-state index is -0.0629. The molecule has 0 fully saturated rings. The molecule has 0 aliphatic carbocycles. The third kappa shape index (κ3) is 2.39. The Morgan fingerprint density at radius 3 is 2.96 bits per heavy atom. The van der Waals surface area contributed by atoms with Crippen LogP contribution in [-0.4, -0.2) is 34.9 Å². The highest BCUT2D eigenvalue weighted by Crippen LogP contribution is 2.43.